The number of aliphatic carboxylic acids is 1. The van der Waals surface area contributed by atoms with Crippen molar-refractivity contribution in [1.82, 2.24) is 0 Å². The van der Waals surface area contributed by atoms with Crippen LogP contribution in [-0.4, -0.2) is 21.3 Å². The van der Waals surface area contributed by atoms with E-state index in [1.807, 2.05) is 0 Å². The second-order valence-electron chi connectivity index (χ2n) is 2.48. The molecule has 3 N–H and O–H groups in total. The molecule has 0 aliphatic carbocycles. The Morgan fingerprint density at radius 1 is 1.38 bits per heavy atom. The van der Waals surface area contributed by atoms with E-state index in [9.17, 15) is 4.79 Å². The highest BCUT2D eigenvalue weighted by Gasteiger charge is 2.16. The van der Waals surface area contributed by atoms with Gasteiger partial charge in [-0.3, -0.25) is 0 Å². The number of hydrogen-bond donors (Lipinski definition) is 3. The van der Waals surface area contributed by atoms with Crippen molar-refractivity contribution in [2.24, 2.45) is 0 Å². The van der Waals surface area contributed by atoms with Crippen molar-refractivity contribution in [1.29, 1.82) is 0 Å². The van der Waals surface area contributed by atoms with E-state index < -0.39 is 12.1 Å². The molecule has 70 valence electrons. The third-order valence-corrected chi connectivity index (χ3v) is 1.67. The number of carboxylic acids is 1. The summed E-state index contributed by atoms with van der Waals surface area (Å²) < 4.78 is 0. The first kappa shape index (κ1) is 9.83. The highest BCUT2D eigenvalue weighted by atomic mass is 35.5. The van der Waals surface area contributed by atoms with E-state index in [-0.39, 0.29) is 16.3 Å². The zero-order valence-corrected chi connectivity index (χ0v) is 7.19. The molecule has 0 bridgehead atoms. The minimum Gasteiger partial charge on any atom is -0.508 e. The lowest BCUT2D eigenvalue weighted by Crippen LogP contribution is -2.10. The fraction of sp³-hybridized carbons (Fsp3) is 0.125. The number of aromatic hydroxyl groups is 1. The van der Waals surface area contributed by atoms with Crippen molar-refractivity contribution in [2.45, 2.75) is 6.10 Å². The summed E-state index contributed by atoms with van der Waals surface area (Å²) in [5.41, 5.74) is 0.0532. The van der Waals surface area contributed by atoms with Crippen LogP contribution in [0.5, 0.6) is 5.75 Å². The zero-order chi connectivity index (χ0) is 10.0. The molecule has 0 aliphatic heterocycles. The van der Waals surface area contributed by atoms with E-state index in [0.717, 1.165) is 6.07 Å². The number of hydrogen-bond acceptors (Lipinski definition) is 3. The lowest BCUT2D eigenvalue weighted by atomic mass is 10.1. The summed E-state index contributed by atoms with van der Waals surface area (Å²) in [5.74, 6) is -1.57. The molecule has 0 spiro atoms. The van der Waals surface area contributed by atoms with Crippen LogP contribution in [0.25, 0.3) is 0 Å². The number of carboxylic acid groups (broad SMARTS) is 1. The molecule has 0 fully saturated rings. The number of benzene rings is 1. The maximum Gasteiger partial charge on any atom is 0.337 e. The molecule has 0 heterocycles. The standard InChI is InChI=1S/C8H7ClO4/c9-5-1-4(2-6(10)3-5)7(11)8(12)13/h1-3,7,10-11H,(H,12,13)/t7-/m1/s1. The van der Waals surface area contributed by atoms with Gasteiger partial charge >= 0.3 is 5.97 Å². The van der Waals surface area contributed by atoms with Crippen LogP contribution < -0.4 is 0 Å². The van der Waals surface area contributed by atoms with Gasteiger partial charge in [0.2, 0.25) is 0 Å². The van der Waals surface area contributed by atoms with E-state index in [4.69, 9.17) is 26.9 Å². The first-order chi connectivity index (χ1) is 6.00. The number of phenols is 1. The van der Waals surface area contributed by atoms with Gasteiger partial charge in [0.05, 0.1) is 0 Å². The van der Waals surface area contributed by atoms with Crippen molar-refractivity contribution in [3.05, 3.63) is 28.8 Å². The van der Waals surface area contributed by atoms with Gasteiger partial charge < -0.3 is 15.3 Å². The number of aliphatic hydroxyl groups is 1. The Morgan fingerprint density at radius 2 is 2.00 bits per heavy atom. The van der Waals surface area contributed by atoms with Crippen LogP contribution in [0.2, 0.25) is 5.02 Å². The third-order valence-electron chi connectivity index (χ3n) is 1.45. The van der Waals surface area contributed by atoms with Crippen LogP contribution >= 0.6 is 11.6 Å². The zero-order valence-electron chi connectivity index (χ0n) is 6.44. The summed E-state index contributed by atoms with van der Waals surface area (Å²) in [4.78, 5) is 10.3. The molecule has 4 nitrogen and oxygen atoms in total. The van der Waals surface area contributed by atoms with Gasteiger partial charge in [0.25, 0.3) is 0 Å². The van der Waals surface area contributed by atoms with Gasteiger partial charge in [-0.1, -0.05) is 11.6 Å². The maximum atomic E-state index is 10.3. The van der Waals surface area contributed by atoms with Gasteiger partial charge in [0.1, 0.15) is 5.75 Å². The Morgan fingerprint density at radius 3 is 2.46 bits per heavy atom. The molecule has 0 saturated carbocycles. The molecule has 1 aromatic carbocycles. The molecule has 1 atom stereocenters. The second-order valence-corrected chi connectivity index (χ2v) is 2.92. The van der Waals surface area contributed by atoms with Crippen molar-refractivity contribution < 1.29 is 20.1 Å². The number of carbonyl (C=O) groups is 1. The molecule has 0 aliphatic rings. The number of halogens is 1. The SMILES string of the molecule is O=C(O)[C@H](O)c1cc(O)cc(Cl)c1. The molecule has 0 radical (unpaired) electrons. The first-order valence-electron chi connectivity index (χ1n) is 3.41. The second kappa shape index (κ2) is 3.64. The summed E-state index contributed by atoms with van der Waals surface area (Å²) in [6, 6.07) is 3.67. The van der Waals surface area contributed by atoms with Crippen LogP contribution in [-0.2, 0) is 4.79 Å². The van der Waals surface area contributed by atoms with E-state index in [1.165, 1.54) is 12.1 Å². The van der Waals surface area contributed by atoms with Crippen LogP contribution in [0, 0.1) is 0 Å². The molecule has 5 heteroatoms. The fourth-order valence-corrected chi connectivity index (χ4v) is 1.13. The predicted octanol–water partition coefficient (Wildman–Crippen LogP) is 1.16. The average Bonchev–Trinajstić information content (AvgIpc) is 2.01. The van der Waals surface area contributed by atoms with Gasteiger partial charge in [0.15, 0.2) is 6.10 Å². The summed E-state index contributed by atoms with van der Waals surface area (Å²) >= 11 is 5.53. The summed E-state index contributed by atoms with van der Waals surface area (Å²) in [6.07, 6.45) is -1.66. The topological polar surface area (TPSA) is 77.8 Å². The molecule has 0 aromatic heterocycles. The molecule has 13 heavy (non-hydrogen) atoms. The van der Waals surface area contributed by atoms with Gasteiger partial charge in [-0.2, -0.15) is 0 Å². The van der Waals surface area contributed by atoms with Crippen LogP contribution in [0.15, 0.2) is 18.2 Å². The predicted molar refractivity (Wildman–Crippen MR) is 45.7 cm³/mol. The van der Waals surface area contributed by atoms with E-state index in [0.29, 0.717) is 0 Å². The van der Waals surface area contributed by atoms with Crippen molar-refractivity contribution in [3.8, 4) is 5.75 Å². The Hall–Kier alpha value is -1.26. The number of aliphatic hydroxyl groups excluding tert-OH is 1. The molecule has 0 amide bonds. The fourth-order valence-electron chi connectivity index (χ4n) is 0.897. The van der Waals surface area contributed by atoms with Gasteiger partial charge in [-0.15, -0.1) is 0 Å². The minimum absolute atomic E-state index is 0.0532. The van der Waals surface area contributed by atoms with E-state index >= 15 is 0 Å². The van der Waals surface area contributed by atoms with Crippen LogP contribution in [0.1, 0.15) is 11.7 Å². The van der Waals surface area contributed by atoms with Gasteiger partial charge in [-0.05, 0) is 23.8 Å². The van der Waals surface area contributed by atoms with Crippen molar-refractivity contribution in [3.63, 3.8) is 0 Å². The Balaban J connectivity index is 3.07. The van der Waals surface area contributed by atoms with E-state index in [1.54, 1.807) is 0 Å². The monoisotopic (exact) mass is 202 g/mol. The van der Waals surface area contributed by atoms with E-state index in [2.05, 4.69) is 0 Å². The number of rotatable bonds is 2. The smallest absolute Gasteiger partial charge is 0.337 e. The summed E-state index contributed by atoms with van der Waals surface area (Å²) in [7, 11) is 0. The van der Waals surface area contributed by atoms with Crippen molar-refractivity contribution >= 4 is 17.6 Å². The number of phenolic OH excluding ortho intramolecular Hbond substituents is 1. The Bertz CT molecular complexity index is 317. The third kappa shape index (κ3) is 2.34. The molecular formula is C8H7ClO4. The minimum atomic E-state index is -1.66. The first-order valence-corrected chi connectivity index (χ1v) is 3.79. The highest BCUT2D eigenvalue weighted by molar-refractivity contribution is 6.30. The Labute approximate surface area is 79.0 Å². The normalized spacial score (nSPS) is 12.5. The van der Waals surface area contributed by atoms with Gasteiger partial charge in [0, 0.05) is 5.02 Å². The summed E-state index contributed by atoms with van der Waals surface area (Å²) in [5, 5.41) is 26.7. The lowest BCUT2D eigenvalue weighted by molar-refractivity contribution is -0.146. The molecular weight excluding hydrogens is 196 g/mol. The molecule has 0 saturated heterocycles. The highest BCUT2D eigenvalue weighted by Crippen LogP contribution is 2.24. The van der Waals surface area contributed by atoms with Crippen LogP contribution in [0.3, 0.4) is 0 Å². The Kier molecular flexibility index (Phi) is 2.75. The van der Waals surface area contributed by atoms with Crippen molar-refractivity contribution in [2.75, 3.05) is 0 Å². The maximum absolute atomic E-state index is 10.3. The summed E-state index contributed by atoms with van der Waals surface area (Å²) in [6.45, 7) is 0. The van der Waals surface area contributed by atoms with Crippen LogP contribution in [0.4, 0.5) is 0 Å². The lowest BCUT2D eigenvalue weighted by Gasteiger charge is -2.06. The average molecular weight is 203 g/mol. The molecule has 1 aromatic rings. The molecule has 1 rings (SSSR count). The van der Waals surface area contributed by atoms with Gasteiger partial charge in [-0.25, -0.2) is 4.79 Å². The largest absolute Gasteiger partial charge is 0.508 e. The molecule has 0 unspecified atom stereocenters. The quantitative estimate of drug-likeness (QED) is 0.673.